The van der Waals surface area contributed by atoms with Crippen molar-refractivity contribution in [2.24, 2.45) is 16.7 Å². The maximum atomic E-state index is 10.2. The Morgan fingerprint density at radius 2 is 1.92 bits per heavy atom. The van der Waals surface area contributed by atoms with Crippen molar-refractivity contribution in [3.8, 4) is 18.2 Å². The van der Waals surface area contributed by atoms with Gasteiger partial charge >= 0.3 is 0 Å². The van der Waals surface area contributed by atoms with Crippen molar-refractivity contribution in [2.45, 2.75) is 44.0 Å². The molecule has 3 aliphatic rings. The average molecular weight is 431 g/mol. The summed E-state index contributed by atoms with van der Waals surface area (Å²) in [6, 6.07) is 9.99. The average Bonchev–Trinajstić information content (AvgIpc) is 3.05. The number of halogens is 1. The lowest BCUT2D eigenvalue weighted by Gasteiger charge is -2.49. The second kappa shape index (κ2) is 5.79. The van der Waals surface area contributed by atoms with Gasteiger partial charge in [0.1, 0.15) is 6.10 Å². The van der Waals surface area contributed by atoms with Crippen LogP contribution in [-0.2, 0) is 9.47 Å². The van der Waals surface area contributed by atoms with Crippen molar-refractivity contribution in [2.75, 3.05) is 0 Å². The van der Waals surface area contributed by atoms with Gasteiger partial charge in [-0.2, -0.15) is 15.8 Å². The molecule has 4 atom stereocenters. The Labute approximate surface area is 163 Å². The van der Waals surface area contributed by atoms with Crippen molar-refractivity contribution in [1.29, 1.82) is 21.2 Å². The second-order valence-corrected chi connectivity index (χ2v) is 9.48. The Morgan fingerprint density at radius 1 is 1.15 bits per heavy atom. The molecule has 2 saturated heterocycles. The molecule has 2 aliphatic heterocycles. The monoisotopic (exact) mass is 430 g/mol. The zero-order valence-corrected chi connectivity index (χ0v) is 16.2. The molecule has 3 heterocycles. The molecule has 1 N–H and O–H groups in total. The van der Waals surface area contributed by atoms with E-state index >= 15 is 0 Å². The van der Waals surface area contributed by atoms with Crippen LogP contribution in [0.5, 0.6) is 0 Å². The predicted octanol–water partition coefficient (Wildman–Crippen LogP) is 4.41. The van der Waals surface area contributed by atoms with Gasteiger partial charge in [0.25, 0.3) is 0 Å². The van der Waals surface area contributed by atoms with Crippen LogP contribution in [0.1, 0.15) is 43.1 Å². The van der Waals surface area contributed by atoms with Crippen LogP contribution < -0.4 is 0 Å². The van der Waals surface area contributed by atoms with E-state index in [0.29, 0.717) is 17.7 Å². The zero-order valence-electron chi connectivity index (χ0n) is 13.8. The van der Waals surface area contributed by atoms with E-state index in [2.05, 4.69) is 34.1 Å². The van der Waals surface area contributed by atoms with E-state index in [4.69, 9.17) is 14.9 Å². The number of ether oxygens (including phenoxy) is 2. The number of nitriles is 3. The highest BCUT2D eigenvalue weighted by Crippen LogP contribution is 2.69. The Hall–Kier alpha value is -1.92. The number of hydrogen-bond acceptors (Lipinski definition) is 7. The van der Waals surface area contributed by atoms with Crippen LogP contribution >= 0.6 is 27.3 Å². The van der Waals surface area contributed by atoms with Gasteiger partial charge in [-0.1, -0.05) is 12.8 Å². The van der Waals surface area contributed by atoms with Gasteiger partial charge in [-0.15, -0.1) is 11.3 Å². The van der Waals surface area contributed by atoms with Gasteiger partial charge in [0, 0.05) is 11.3 Å². The minimum Gasteiger partial charge on any atom is -0.447 e. The molecule has 4 rings (SSSR count). The van der Waals surface area contributed by atoms with E-state index in [1.54, 1.807) is 6.07 Å². The number of nitrogens with one attached hydrogen (secondary N) is 1. The van der Waals surface area contributed by atoms with Crippen molar-refractivity contribution in [3.05, 3.63) is 20.8 Å². The standard InChI is InChI=1S/C18H15BrN4O2S/c19-13-6-5-11(26-13)14-16(8-20,9-21)17(10-22)12-4-2-1-3-7-18(12,24-14)25-15(17)23/h5-6,12,14,23H,1-4,7H2. The largest absolute Gasteiger partial charge is 0.447 e. The smallest absolute Gasteiger partial charge is 0.217 e. The normalized spacial score (nSPS) is 37.4. The predicted molar refractivity (Wildman–Crippen MR) is 95.7 cm³/mol. The van der Waals surface area contributed by atoms with Crippen LogP contribution in [0, 0.1) is 56.2 Å². The number of nitrogens with zero attached hydrogens (tertiary/aromatic N) is 3. The van der Waals surface area contributed by atoms with E-state index in [-0.39, 0.29) is 5.90 Å². The molecule has 0 amide bonds. The van der Waals surface area contributed by atoms with Crippen molar-refractivity contribution >= 4 is 33.2 Å². The molecule has 0 aromatic carbocycles. The Bertz CT molecular complexity index is 896. The summed E-state index contributed by atoms with van der Waals surface area (Å²) in [5.74, 6) is -1.90. The molecule has 2 bridgehead atoms. The molecule has 132 valence electrons. The molecule has 0 radical (unpaired) electrons. The van der Waals surface area contributed by atoms with Crippen LogP contribution in [0.15, 0.2) is 15.9 Å². The maximum absolute atomic E-state index is 10.2. The summed E-state index contributed by atoms with van der Waals surface area (Å²) in [5, 5.41) is 38.9. The van der Waals surface area contributed by atoms with Gasteiger partial charge in [-0.3, -0.25) is 5.41 Å². The minimum atomic E-state index is -1.84. The summed E-state index contributed by atoms with van der Waals surface area (Å²) >= 11 is 4.77. The van der Waals surface area contributed by atoms with Gasteiger partial charge in [0.05, 0.1) is 27.9 Å². The topological polar surface area (TPSA) is 114 Å². The summed E-state index contributed by atoms with van der Waals surface area (Å²) in [4.78, 5) is 0.681. The van der Waals surface area contributed by atoms with E-state index in [1.165, 1.54) is 11.3 Å². The first-order chi connectivity index (χ1) is 12.5. The first kappa shape index (κ1) is 17.5. The lowest BCUT2D eigenvalue weighted by atomic mass is 9.53. The number of thiophene rings is 1. The molecule has 1 aromatic rings. The summed E-state index contributed by atoms with van der Waals surface area (Å²) in [6.07, 6.45) is 2.91. The van der Waals surface area contributed by atoms with Crippen LogP contribution in [0.4, 0.5) is 0 Å². The van der Waals surface area contributed by atoms with E-state index < -0.39 is 28.6 Å². The van der Waals surface area contributed by atoms with Gasteiger partial charge in [-0.05, 0) is 40.9 Å². The minimum absolute atomic E-state index is 0.298. The lowest BCUT2D eigenvalue weighted by Crippen LogP contribution is -2.59. The summed E-state index contributed by atoms with van der Waals surface area (Å²) in [5.41, 5.74) is -3.46. The van der Waals surface area contributed by atoms with E-state index in [9.17, 15) is 15.8 Å². The number of rotatable bonds is 1. The Morgan fingerprint density at radius 3 is 2.54 bits per heavy atom. The fourth-order valence-electron chi connectivity index (χ4n) is 4.76. The molecule has 4 unspecified atom stereocenters. The third-order valence-electron chi connectivity index (χ3n) is 5.92. The van der Waals surface area contributed by atoms with E-state index in [1.807, 2.05) is 6.07 Å². The van der Waals surface area contributed by atoms with Crippen LogP contribution in [0.2, 0.25) is 0 Å². The molecular formula is C18H15BrN4O2S. The molecule has 1 aliphatic carbocycles. The van der Waals surface area contributed by atoms with Gasteiger partial charge in [0.15, 0.2) is 5.41 Å². The quantitative estimate of drug-likeness (QED) is 0.708. The third-order valence-corrected chi connectivity index (χ3v) is 7.59. The Balaban J connectivity index is 2.00. The maximum Gasteiger partial charge on any atom is 0.217 e. The molecular weight excluding hydrogens is 416 g/mol. The first-order valence-electron chi connectivity index (χ1n) is 8.44. The molecule has 1 saturated carbocycles. The summed E-state index contributed by atoms with van der Waals surface area (Å²) in [7, 11) is 0. The van der Waals surface area contributed by atoms with Crippen LogP contribution in [-0.4, -0.2) is 11.7 Å². The zero-order chi connectivity index (χ0) is 18.6. The van der Waals surface area contributed by atoms with Crippen LogP contribution in [0.25, 0.3) is 0 Å². The fourth-order valence-corrected chi connectivity index (χ4v) is 6.28. The fraction of sp³-hybridized carbons (Fsp3) is 0.556. The van der Waals surface area contributed by atoms with Gasteiger partial charge in [0.2, 0.25) is 17.1 Å². The molecule has 6 nitrogen and oxygen atoms in total. The van der Waals surface area contributed by atoms with E-state index in [0.717, 1.165) is 23.0 Å². The lowest BCUT2D eigenvalue weighted by molar-refractivity contribution is -0.284. The van der Waals surface area contributed by atoms with Gasteiger partial charge in [-0.25, -0.2) is 0 Å². The molecule has 3 fully saturated rings. The molecule has 26 heavy (non-hydrogen) atoms. The first-order valence-corrected chi connectivity index (χ1v) is 10.1. The number of hydrogen-bond donors (Lipinski definition) is 1. The van der Waals surface area contributed by atoms with Crippen molar-refractivity contribution in [3.63, 3.8) is 0 Å². The molecule has 0 spiro atoms. The summed E-state index contributed by atoms with van der Waals surface area (Å²) in [6.45, 7) is 0. The molecule has 1 aromatic heterocycles. The molecule has 8 heteroatoms. The summed E-state index contributed by atoms with van der Waals surface area (Å²) < 4.78 is 13.1. The van der Waals surface area contributed by atoms with Crippen molar-refractivity contribution < 1.29 is 9.47 Å². The highest BCUT2D eigenvalue weighted by Gasteiger charge is 2.80. The third kappa shape index (κ3) is 1.89. The second-order valence-electron chi connectivity index (χ2n) is 6.99. The highest BCUT2D eigenvalue weighted by molar-refractivity contribution is 9.11. The van der Waals surface area contributed by atoms with Crippen molar-refractivity contribution in [1.82, 2.24) is 0 Å². The Kier molecular flexibility index (Phi) is 3.90. The SMILES string of the molecule is N#CC1(C#N)C(c2ccc(Br)s2)OC23CCCCCC2C1(C#N)C(=N)O3. The van der Waals surface area contributed by atoms with Gasteiger partial charge < -0.3 is 9.47 Å². The van der Waals surface area contributed by atoms with Crippen LogP contribution in [0.3, 0.4) is 0 Å². The highest BCUT2D eigenvalue weighted by atomic mass is 79.9.